The Morgan fingerprint density at radius 3 is 1.66 bits per heavy atom. The maximum atomic E-state index is 12.7. The highest BCUT2D eigenvalue weighted by atomic mass is 16.8. The third-order valence-corrected chi connectivity index (χ3v) is 20.1. The first-order valence-corrected chi connectivity index (χ1v) is 27.5. The van der Waals surface area contributed by atoms with E-state index in [0.29, 0.717) is 38.5 Å². The number of fused-ring (bicyclic) bond motifs is 5. The van der Waals surface area contributed by atoms with Crippen molar-refractivity contribution in [3.63, 3.8) is 0 Å². The van der Waals surface area contributed by atoms with Gasteiger partial charge in [-0.1, -0.05) is 39.3 Å². The number of aliphatic hydroxyl groups excluding tert-OH is 15. The Morgan fingerprint density at radius 1 is 0.553 bits per heavy atom. The molecule has 8 rings (SSSR count). The molecule has 0 aromatic rings. The highest BCUT2D eigenvalue weighted by Gasteiger charge is 2.68. The molecule has 4 aliphatic carbocycles. The minimum absolute atomic E-state index is 0.0594. The smallest absolute Gasteiger partial charge is 0.187 e. The van der Waals surface area contributed by atoms with Crippen molar-refractivity contribution in [3.05, 3.63) is 11.6 Å². The molecule has 15 N–H and O–H groups in total. The molecule has 0 radical (unpaired) electrons. The van der Waals surface area contributed by atoms with Crippen molar-refractivity contribution in [2.24, 2.45) is 45.8 Å². The van der Waals surface area contributed by atoms with Crippen molar-refractivity contribution >= 4 is 0 Å². The second kappa shape index (κ2) is 23.6. The first-order valence-electron chi connectivity index (χ1n) is 27.5. The van der Waals surface area contributed by atoms with Gasteiger partial charge in [-0.3, -0.25) is 0 Å². The van der Waals surface area contributed by atoms with Crippen LogP contribution in [0.4, 0.5) is 0 Å². The lowest BCUT2D eigenvalue weighted by molar-refractivity contribution is -0.378. The molecule has 5 unspecified atom stereocenters. The first-order chi connectivity index (χ1) is 35.7. The fourth-order valence-corrected chi connectivity index (χ4v) is 15.8. The van der Waals surface area contributed by atoms with Crippen LogP contribution in [0.5, 0.6) is 0 Å². The number of hydrogen-bond acceptors (Lipinski definition) is 23. The molecule has 8 aliphatic rings. The molecule has 4 saturated carbocycles. The van der Waals surface area contributed by atoms with Crippen LogP contribution in [0.1, 0.15) is 106 Å². The zero-order valence-corrected chi connectivity index (χ0v) is 44.8. The summed E-state index contributed by atoms with van der Waals surface area (Å²) in [5.41, 5.74) is -1.16. The van der Waals surface area contributed by atoms with Crippen LogP contribution < -0.4 is 0 Å². The maximum absolute atomic E-state index is 12.7. The van der Waals surface area contributed by atoms with E-state index >= 15 is 0 Å². The van der Waals surface area contributed by atoms with Crippen molar-refractivity contribution in [1.82, 2.24) is 0 Å². The van der Waals surface area contributed by atoms with Crippen molar-refractivity contribution in [2.75, 3.05) is 26.4 Å². The Labute approximate surface area is 444 Å². The second-order valence-corrected chi connectivity index (χ2v) is 25.1. The Hall–Kier alpha value is -1.18. The Balaban J connectivity index is 0.991. The predicted molar refractivity (Wildman–Crippen MR) is 262 cm³/mol. The first kappa shape index (κ1) is 60.9. The molecular weight excluding hydrogens is 1000 g/mol. The third-order valence-electron chi connectivity index (χ3n) is 20.1. The highest BCUT2D eigenvalue weighted by molar-refractivity contribution is 5.17. The zero-order valence-electron chi connectivity index (χ0n) is 44.8. The number of ether oxygens (including phenoxy) is 8. The molecule has 0 spiro atoms. The molecule has 0 bridgehead atoms. The van der Waals surface area contributed by atoms with Crippen LogP contribution >= 0.6 is 0 Å². The minimum atomic E-state index is -1.81. The van der Waals surface area contributed by atoms with Gasteiger partial charge in [0.05, 0.1) is 44.2 Å². The monoisotopic (exact) mass is 1090 g/mol. The largest absolute Gasteiger partial charge is 0.394 e. The minimum Gasteiger partial charge on any atom is -0.394 e. The summed E-state index contributed by atoms with van der Waals surface area (Å²) in [4.78, 5) is 0. The van der Waals surface area contributed by atoms with Crippen LogP contribution in [0.15, 0.2) is 11.6 Å². The second-order valence-electron chi connectivity index (χ2n) is 25.1. The summed E-state index contributed by atoms with van der Waals surface area (Å²) in [5, 5.41) is 161. The van der Waals surface area contributed by atoms with Crippen molar-refractivity contribution in [1.29, 1.82) is 0 Å². The van der Waals surface area contributed by atoms with E-state index in [9.17, 15) is 76.6 Å². The number of rotatable bonds is 16. The van der Waals surface area contributed by atoms with Gasteiger partial charge in [-0.2, -0.15) is 0 Å². The van der Waals surface area contributed by atoms with Crippen molar-refractivity contribution in [2.45, 2.75) is 247 Å². The molecule has 23 nitrogen and oxygen atoms in total. The van der Waals surface area contributed by atoms with E-state index in [-0.39, 0.29) is 40.4 Å². The molecular formula is C53H90O23. The molecule has 30 atom stereocenters. The van der Waals surface area contributed by atoms with Crippen LogP contribution in [0, 0.1) is 45.8 Å². The Morgan fingerprint density at radius 2 is 1.07 bits per heavy atom. The fourth-order valence-electron chi connectivity index (χ4n) is 15.8. The highest BCUT2D eigenvalue weighted by Crippen LogP contribution is 2.71. The van der Waals surface area contributed by atoms with Gasteiger partial charge in [0.1, 0.15) is 97.7 Å². The lowest BCUT2D eigenvalue weighted by Crippen LogP contribution is -2.66. The van der Waals surface area contributed by atoms with Crippen molar-refractivity contribution in [3.8, 4) is 0 Å². The summed E-state index contributed by atoms with van der Waals surface area (Å²) >= 11 is 0. The summed E-state index contributed by atoms with van der Waals surface area (Å²) in [6.45, 7) is 12.2. The predicted octanol–water partition coefficient (Wildman–Crippen LogP) is -2.59. The van der Waals surface area contributed by atoms with E-state index in [1.807, 2.05) is 20.8 Å². The van der Waals surface area contributed by atoms with Gasteiger partial charge in [0.15, 0.2) is 25.2 Å². The van der Waals surface area contributed by atoms with Crippen LogP contribution in [-0.4, -0.2) is 244 Å². The summed E-state index contributed by atoms with van der Waals surface area (Å²) in [7, 11) is 0. The van der Waals surface area contributed by atoms with Gasteiger partial charge in [-0.25, -0.2) is 0 Å². The Kier molecular flexibility index (Phi) is 18.9. The Bertz CT molecular complexity index is 1940. The average molecular weight is 1100 g/mol. The molecule has 23 heteroatoms. The van der Waals surface area contributed by atoms with Gasteiger partial charge < -0.3 is 114 Å². The van der Waals surface area contributed by atoms with Crippen LogP contribution in [0.25, 0.3) is 0 Å². The number of hydrogen-bond donors (Lipinski definition) is 15. The summed E-state index contributed by atoms with van der Waals surface area (Å²) in [6, 6.07) is 0. The normalized spacial score (nSPS) is 52.2. The summed E-state index contributed by atoms with van der Waals surface area (Å²) in [5.74, 6) is -0.152. The molecule has 440 valence electrons. The third kappa shape index (κ3) is 11.0. The molecule has 8 fully saturated rings. The van der Waals surface area contributed by atoms with Crippen LogP contribution in [0.3, 0.4) is 0 Å². The van der Waals surface area contributed by atoms with Gasteiger partial charge in [0, 0.05) is 0 Å². The summed E-state index contributed by atoms with van der Waals surface area (Å²) in [6.07, 6.45) is -24.9. The quantitative estimate of drug-likeness (QED) is 0.0557. The number of allylic oxidation sites excluding steroid dienone is 2. The van der Waals surface area contributed by atoms with Crippen LogP contribution in [-0.2, 0) is 37.9 Å². The SMILES string of the molecule is CC(C)=CCC[C@](C)(O[C@@H]1O[C@H](CO[C@@H]2O[C@H](CO)[C@@H](O)[C@H](O)[C@H]2O)[C@@H](O)[C@H](O)[C@H]1O)[C@H]1CC[C@]2(C)C3CCC4C(C)(C)C(O[C@@H]5O[C@H](CO)[C@@H](O)[C@H](O)[C@H]5O[C@@H]5O[C@H](CO)[C@@H](O)[C@H](O)[C@H]5O)CC[C@]4(C)C3C[C@H](O)C12. The lowest BCUT2D eigenvalue weighted by atomic mass is 9.39. The van der Waals surface area contributed by atoms with Gasteiger partial charge >= 0.3 is 0 Å². The molecule has 76 heavy (non-hydrogen) atoms. The zero-order chi connectivity index (χ0) is 55.7. The van der Waals surface area contributed by atoms with Gasteiger partial charge in [-0.15, -0.1) is 0 Å². The van der Waals surface area contributed by atoms with E-state index in [1.165, 1.54) is 0 Å². The van der Waals surface area contributed by atoms with E-state index in [4.69, 9.17) is 37.9 Å². The topological polar surface area (TPSA) is 377 Å². The van der Waals surface area contributed by atoms with Crippen molar-refractivity contribution < 1.29 is 114 Å². The molecule has 0 aromatic carbocycles. The number of aliphatic hydroxyl groups is 15. The summed E-state index contributed by atoms with van der Waals surface area (Å²) < 4.78 is 48.8. The molecule has 4 heterocycles. The van der Waals surface area contributed by atoms with E-state index < -0.39 is 172 Å². The molecule has 0 aromatic heterocycles. The van der Waals surface area contributed by atoms with E-state index in [1.54, 1.807) is 0 Å². The maximum Gasteiger partial charge on any atom is 0.187 e. The van der Waals surface area contributed by atoms with Gasteiger partial charge in [-0.05, 0) is 124 Å². The van der Waals surface area contributed by atoms with E-state index in [0.717, 1.165) is 24.8 Å². The van der Waals surface area contributed by atoms with Gasteiger partial charge in [0.2, 0.25) is 0 Å². The molecule has 4 aliphatic heterocycles. The van der Waals surface area contributed by atoms with Gasteiger partial charge in [0.25, 0.3) is 0 Å². The van der Waals surface area contributed by atoms with E-state index in [2.05, 4.69) is 33.8 Å². The van der Waals surface area contributed by atoms with Crippen LogP contribution in [0.2, 0.25) is 0 Å². The lowest BCUT2D eigenvalue weighted by Gasteiger charge is -2.66. The molecule has 0 amide bonds. The average Bonchev–Trinajstić information content (AvgIpc) is 3.96. The fraction of sp³-hybridized carbons (Fsp3) is 0.962. The molecule has 4 saturated heterocycles. The standard InChI is InChI=1S/C53H90O23/c1-22(2)9-8-14-53(7,76-48-44(68)40(64)37(61)30(73-48)21-69-46-42(66)38(62)34(58)27(18-54)70-46)24-12-15-52(6)23-10-11-31-50(3,4)32(13-16-51(31,5)25(23)17-26(57)33(24)52)74-49-45(41(65)36(60)29(20-56)72-49)75-47-43(67)39(63)35(59)28(19-55)71-47/h9,23-49,54-68H,8,10-21H2,1-7H3/t23?,24-,25?,26-,27+,28+,29+,30+,31?,32?,33?,34+,35+,36+,37+,38-,39-,40-,41-,42+,43+,44+,45+,46+,47-,48-,49-,51+,52+,53-/m0/s1.